The zero-order valence-electron chi connectivity index (χ0n) is 20.9. The summed E-state index contributed by atoms with van der Waals surface area (Å²) in [6.07, 6.45) is 3.65. The number of nitrogens with zero attached hydrogens (tertiary/aromatic N) is 3. The van der Waals surface area contributed by atoms with Gasteiger partial charge in [-0.15, -0.1) is 59.1 Å². The van der Waals surface area contributed by atoms with Crippen molar-refractivity contribution in [2.75, 3.05) is 4.90 Å². The van der Waals surface area contributed by atoms with Crippen LogP contribution >= 0.6 is 0 Å². The molecule has 4 aromatic carbocycles. The zero-order chi connectivity index (χ0) is 25.3. The molecule has 1 aliphatic rings. The fourth-order valence-electron chi connectivity index (χ4n) is 5.31. The van der Waals surface area contributed by atoms with E-state index in [-0.39, 0.29) is 35.2 Å². The minimum atomic E-state index is -0.0477. The van der Waals surface area contributed by atoms with Gasteiger partial charge in [0.2, 0.25) is 6.71 Å². The molecule has 0 spiro atoms. The predicted molar refractivity (Wildman–Crippen MR) is 163 cm³/mol. The summed E-state index contributed by atoms with van der Waals surface area (Å²) in [6, 6.07) is 49.3. The van der Waals surface area contributed by atoms with Gasteiger partial charge in [0.1, 0.15) is 0 Å². The van der Waals surface area contributed by atoms with E-state index in [9.17, 15) is 0 Å². The molecule has 0 fully saturated rings. The van der Waals surface area contributed by atoms with Gasteiger partial charge in [0.15, 0.2) is 0 Å². The molecule has 0 atom stereocenters. The molecule has 6 aromatic rings. The zero-order valence-corrected chi connectivity index (χ0v) is 23.2. The first-order valence-corrected chi connectivity index (χ1v) is 12.7. The van der Waals surface area contributed by atoms with Crippen LogP contribution in [0, 0.1) is 12.1 Å². The number of rotatable bonds is 4. The van der Waals surface area contributed by atoms with E-state index in [1.54, 1.807) is 0 Å². The van der Waals surface area contributed by atoms with Crippen LogP contribution in [0.5, 0.6) is 0 Å². The Morgan fingerprint density at radius 1 is 0.550 bits per heavy atom. The second-order valence-corrected chi connectivity index (χ2v) is 9.28. The van der Waals surface area contributed by atoms with Gasteiger partial charge in [0.25, 0.3) is 0 Å². The molecule has 7 rings (SSSR count). The van der Waals surface area contributed by atoms with Crippen molar-refractivity contribution >= 4 is 40.2 Å². The van der Waals surface area contributed by atoms with Crippen LogP contribution in [-0.4, -0.2) is 16.7 Å². The van der Waals surface area contributed by atoms with Crippen molar-refractivity contribution in [3.63, 3.8) is 0 Å². The third-order valence-electron chi connectivity index (χ3n) is 7.00. The summed E-state index contributed by atoms with van der Waals surface area (Å²) in [5, 5.41) is 0. The van der Waals surface area contributed by atoms with E-state index in [0.29, 0.717) is 0 Å². The molecule has 0 aliphatic carbocycles. The van der Waals surface area contributed by atoms with Crippen molar-refractivity contribution in [2.24, 2.45) is 0 Å². The molecule has 0 amide bonds. The molecule has 1 aliphatic heterocycles. The Kier molecular flexibility index (Phi) is 8.09. The van der Waals surface area contributed by atoms with E-state index in [4.69, 9.17) is 0 Å². The van der Waals surface area contributed by atoms with Gasteiger partial charge in [-0.05, 0) is 52.9 Å². The second kappa shape index (κ2) is 11.9. The van der Waals surface area contributed by atoms with Crippen molar-refractivity contribution in [2.45, 2.75) is 7.43 Å². The normalized spacial score (nSPS) is 11.5. The topological polar surface area (TPSA) is 29.0 Å². The first kappa shape index (κ1) is 27.3. The van der Waals surface area contributed by atoms with Crippen molar-refractivity contribution in [1.82, 2.24) is 9.97 Å². The summed E-state index contributed by atoms with van der Waals surface area (Å²) < 4.78 is 0. The molecule has 3 heterocycles. The van der Waals surface area contributed by atoms with E-state index in [2.05, 4.69) is 112 Å². The van der Waals surface area contributed by atoms with Crippen LogP contribution in [-0.2, 0) is 21.1 Å². The maximum Gasteiger partial charge on any atom is 2.00 e. The Morgan fingerprint density at radius 3 is 1.90 bits per heavy atom. The summed E-state index contributed by atoms with van der Waals surface area (Å²) in [7, 11) is 0. The van der Waals surface area contributed by atoms with Gasteiger partial charge in [-0.3, -0.25) is 0 Å². The van der Waals surface area contributed by atoms with Crippen molar-refractivity contribution < 1.29 is 21.1 Å². The van der Waals surface area contributed by atoms with Crippen molar-refractivity contribution in [3.8, 4) is 22.5 Å². The molecular weight excluding hydrogens is 668 g/mol. The molecule has 0 radical (unpaired) electrons. The molecule has 0 bridgehead atoms. The molecule has 3 nitrogen and oxygen atoms in total. The smallest absolute Gasteiger partial charge is 0.353 e. The number of pyridine rings is 2. The van der Waals surface area contributed by atoms with Gasteiger partial charge in [-0.2, -0.15) is 5.46 Å². The first-order chi connectivity index (χ1) is 18.9. The van der Waals surface area contributed by atoms with Gasteiger partial charge in [-0.25, -0.2) is 0 Å². The number of hydrogen-bond donors (Lipinski definition) is 0. The third-order valence-corrected chi connectivity index (χ3v) is 7.00. The fourth-order valence-corrected chi connectivity index (χ4v) is 5.31. The summed E-state index contributed by atoms with van der Waals surface area (Å²) in [5.41, 5.74) is 10.6. The third kappa shape index (κ3) is 4.92. The van der Waals surface area contributed by atoms with Crippen LogP contribution in [0.25, 0.3) is 22.5 Å². The van der Waals surface area contributed by atoms with Crippen molar-refractivity contribution in [1.29, 1.82) is 0 Å². The number of anilines is 3. The number of benzene rings is 4. The predicted octanol–water partition coefficient (Wildman–Crippen LogP) is 6.34. The largest absolute Gasteiger partial charge is 2.00 e. The summed E-state index contributed by atoms with van der Waals surface area (Å²) in [6.45, 7) is -0.0477. The molecule has 40 heavy (non-hydrogen) atoms. The Labute approximate surface area is 250 Å². The van der Waals surface area contributed by atoms with Gasteiger partial charge < -0.3 is 14.9 Å². The Morgan fingerprint density at radius 2 is 1.20 bits per heavy atom. The van der Waals surface area contributed by atoms with Crippen molar-refractivity contribution in [3.05, 3.63) is 146 Å². The average Bonchev–Trinajstić information content (AvgIpc) is 3.01. The van der Waals surface area contributed by atoms with Crippen LogP contribution in [0.3, 0.4) is 0 Å². The quantitative estimate of drug-likeness (QED) is 0.159. The number of aromatic nitrogens is 2. The monoisotopic (exact) mass is 694 g/mol. The van der Waals surface area contributed by atoms with Gasteiger partial charge in [0.05, 0.1) is 0 Å². The number of fused-ring (bicyclic) bond motifs is 2. The van der Waals surface area contributed by atoms with Crippen LogP contribution in [0.15, 0.2) is 134 Å². The van der Waals surface area contributed by atoms with Gasteiger partial charge in [-0.1, -0.05) is 68.1 Å². The van der Waals surface area contributed by atoms with E-state index in [1.807, 2.05) is 48.8 Å². The van der Waals surface area contributed by atoms with Gasteiger partial charge >= 0.3 is 21.1 Å². The fraction of sp³-hybridized carbons (Fsp3) is 0.0286. The van der Waals surface area contributed by atoms with E-state index in [0.717, 1.165) is 50.5 Å². The standard InChI is InChI=1S/C34H22BN3.CH4.Pt/c1-2-13-28(14-3-1)38-33-18-5-4-15-29(33)35(27-12-10-11-25(23-27)31-16-6-8-21-36-31)30-24-26(19-20-34(30)38)32-17-7-9-22-37-32;;/h1-22H;1H4;/q-2;;+2. The molecule has 0 saturated carbocycles. The maximum absolute atomic E-state index is 4.61. The minimum absolute atomic E-state index is 0. The number of hydrogen-bond acceptors (Lipinski definition) is 3. The van der Waals surface area contributed by atoms with E-state index >= 15 is 0 Å². The number of para-hydroxylation sites is 2. The molecule has 2 aromatic heterocycles. The van der Waals surface area contributed by atoms with Crippen LogP contribution in [0.4, 0.5) is 17.1 Å². The minimum Gasteiger partial charge on any atom is -0.353 e. The molecule has 194 valence electrons. The Hall–Kier alpha value is -4.27. The first-order valence-electron chi connectivity index (χ1n) is 12.7. The Bertz CT molecular complexity index is 1730. The SMILES string of the molecule is C.[Pt+2].[c-]1c(B2c3[c-]c(-c4ccccn4)ccc3N(c3ccccc3)c3ccccc32)cccc1-c1ccccn1. The molecule has 0 unspecified atom stereocenters. The Balaban J connectivity index is 0.00000161. The molecular formula is C35H26BN3Pt. The summed E-state index contributed by atoms with van der Waals surface area (Å²) in [5.74, 6) is 0. The second-order valence-electron chi connectivity index (χ2n) is 9.28. The molecule has 5 heteroatoms. The van der Waals surface area contributed by atoms with Gasteiger partial charge in [0, 0.05) is 23.8 Å². The summed E-state index contributed by atoms with van der Waals surface area (Å²) >= 11 is 0. The van der Waals surface area contributed by atoms with Crippen LogP contribution in [0.1, 0.15) is 7.43 Å². The van der Waals surface area contributed by atoms with E-state index in [1.165, 1.54) is 5.46 Å². The molecule has 0 saturated heterocycles. The van der Waals surface area contributed by atoms with E-state index < -0.39 is 0 Å². The average molecular weight is 695 g/mol. The molecule has 0 N–H and O–H groups in total. The summed E-state index contributed by atoms with van der Waals surface area (Å²) in [4.78, 5) is 11.5. The van der Waals surface area contributed by atoms with Crippen LogP contribution in [0.2, 0.25) is 0 Å². The maximum atomic E-state index is 4.61. The van der Waals surface area contributed by atoms with Crippen LogP contribution < -0.4 is 21.3 Å².